The Balaban J connectivity index is 1.33. The van der Waals surface area contributed by atoms with Crippen molar-refractivity contribution in [2.24, 2.45) is 5.41 Å². The molecule has 27 heavy (non-hydrogen) atoms. The molecule has 1 atom stereocenters. The van der Waals surface area contributed by atoms with Gasteiger partial charge in [0, 0.05) is 42.6 Å². The quantitative estimate of drug-likeness (QED) is 0.622. The van der Waals surface area contributed by atoms with E-state index in [1.807, 2.05) is 4.90 Å². The molecule has 4 amide bonds. The van der Waals surface area contributed by atoms with Crippen molar-refractivity contribution in [1.82, 2.24) is 15.1 Å². The van der Waals surface area contributed by atoms with Crippen molar-refractivity contribution in [3.63, 3.8) is 0 Å². The topological polar surface area (TPSA) is 86.8 Å². The van der Waals surface area contributed by atoms with Crippen LogP contribution in [0.1, 0.15) is 45.5 Å². The molecule has 0 radical (unpaired) electrons. The van der Waals surface area contributed by atoms with Gasteiger partial charge in [0.15, 0.2) is 0 Å². The van der Waals surface area contributed by atoms with Crippen LogP contribution in [0.2, 0.25) is 0 Å². The molecule has 0 aromatic heterocycles. The van der Waals surface area contributed by atoms with Crippen LogP contribution in [-0.2, 0) is 16.1 Å². The minimum absolute atomic E-state index is 0.0179. The molecule has 3 heterocycles. The van der Waals surface area contributed by atoms with Gasteiger partial charge in [0.25, 0.3) is 11.8 Å². The van der Waals surface area contributed by atoms with Gasteiger partial charge in [-0.15, -0.1) is 0 Å². The molecule has 7 heteroatoms. The zero-order valence-corrected chi connectivity index (χ0v) is 14.7. The Morgan fingerprint density at radius 2 is 1.96 bits per heavy atom. The molecule has 1 aromatic carbocycles. The molecule has 4 aliphatic rings. The van der Waals surface area contributed by atoms with Gasteiger partial charge < -0.3 is 9.80 Å². The number of hydrogen-bond acceptors (Lipinski definition) is 4. The number of fused-ring (bicyclic) bond motifs is 1. The highest BCUT2D eigenvalue weighted by atomic mass is 16.2. The fourth-order valence-electron chi connectivity index (χ4n) is 4.43. The third-order valence-electron chi connectivity index (χ3n) is 6.06. The lowest BCUT2D eigenvalue weighted by Crippen LogP contribution is -2.59. The fraction of sp³-hybridized carbons (Fsp3) is 0.400. The molecule has 5 rings (SSSR count). The molecule has 1 N–H and O–H groups in total. The first-order valence-corrected chi connectivity index (χ1v) is 9.20. The van der Waals surface area contributed by atoms with Crippen molar-refractivity contribution < 1.29 is 19.2 Å². The normalized spacial score (nSPS) is 25.2. The van der Waals surface area contributed by atoms with Gasteiger partial charge in [-0.2, -0.15) is 0 Å². The fourth-order valence-corrected chi connectivity index (χ4v) is 4.43. The lowest BCUT2D eigenvalue weighted by molar-refractivity contribution is -0.136. The number of likely N-dealkylation sites (tertiary alicyclic amines) is 1. The van der Waals surface area contributed by atoms with Crippen LogP contribution in [0.15, 0.2) is 30.4 Å². The number of nitrogens with one attached hydrogen (secondary N) is 1. The Labute approximate surface area is 156 Å². The molecule has 1 unspecified atom stereocenters. The van der Waals surface area contributed by atoms with Gasteiger partial charge in [-0.05, 0) is 36.6 Å². The molecule has 1 spiro atoms. The van der Waals surface area contributed by atoms with Crippen molar-refractivity contribution in [3.8, 4) is 0 Å². The average Bonchev–Trinajstić information content (AvgIpc) is 2.88. The van der Waals surface area contributed by atoms with Crippen LogP contribution in [0.25, 0.3) is 0 Å². The molecule has 7 nitrogen and oxygen atoms in total. The second-order valence-corrected chi connectivity index (χ2v) is 7.90. The predicted octanol–water partition coefficient (Wildman–Crippen LogP) is 0.850. The maximum atomic E-state index is 12.7. The number of hydrogen-bond donors (Lipinski definition) is 1. The Morgan fingerprint density at radius 3 is 2.63 bits per heavy atom. The summed E-state index contributed by atoms with van der Waals surface area (Å²) in [6, 6.07) is 4.50. The molecular weight excluding hydrogens is 346 g/mol. The van der Waals surface area contributed by atoms with Gasteiger partial charge in [0.05, 0.1) is 0 Å². The number of piperidine rings is 1. The number of rotatable bonds is 2. The first-order valence-electron chi connectivity index (χ1n) is 9.20. The van der Waals surface area contributed by atoms with Gasteiger partial charge in [0.2, 0.25) is 11.8 Å². The van der Waals surface area contributed by atoms with Crippen molar-refractivity contribution >= 4 is 23.6 Å². The second-order valence-electron chi connectivity index (χ2n) is 7.90. The molecular formula is C20H19N3O4. The Kier molecular flexibility index (Phi) is 3.32. The van der Waals surface area contributed by atoms with E-state index >= 15 is 0 Å². The molecule has 0 bridgehead atoms. The standard InChI is InChI=1S/C20H19N3O4/c24-16-5-4-15(17(25)21-16)23-9-13-8-12(2-3-14(13)19(23)27)18(26)22-10-20(11-22)6-1-7-20/h1-3,6,8,15H,4-5,7,9-11H2,(H,21,24,25). The monoisotopic (exact) mass is 365 g/mol. The summed E-state index contributed by atoms with van der Waals surface area (Å²) in [4.78, 5) is 52.2. The summed E-state index contributed by atoms with van der Waals surface area (Å²) in [5, 5.41) is 2.29. The lowest BCUT2D eigenvalue weighted by Gasteiger charge is -2.51. The van der Waals surface area contributed by atoms with Crippen molar-refractivity contribution in [2.45, 2.75) is 31.8 Å². The highest BCUT2D eigenvalue weighted by Crippen LogP contribution is 2.42. The van der Waals surface area contributed by atoms with Crippen LogP contribution in [0.4, 0.5) is 0 Å². The van der Waals surface area contributed by atoms with Gasteiger partial charge in [-0.25, -0.2) is 0 Å². The summed E-state index contributed by atoms with van der Waals surface area (Å²) in [6.45, 7) is 1.79. The van der Waals surface area contributed by atoms with Crippen LogP contribution >= 0.6 is 0 Å². The predicted molar refractivity (Wildman–Crippen MR) is 94.6 cm³/mol. The highest BCUT2D eigenvalue weighted by molar-refractivity contribution is 6.06. The lowest BCUT2D eigenvalue weighted by atomic mass is 9.70. The SMILES string of the molecule is O=C1CCC(N2Cc3cc(C(=O)N4CC5(C=CC5)C4)ccc3C2=O)C(=O)N1. The zero-order valence-electron chi connectivity index (χ0n) is 14.7. The number of benzene rings is 1. The Morgan fingerprint density at radius 1 is 1.19 bits per heavy atom. The van der Waals surface area contributed by atoms with Gasteiger partial charge >= 0.3 is 0 Å². The minimum atomic E-state index is -0.637. The van der Waals surface area contributed by atoms with Gasteiger partial charge in [-0.3, -0.25) is 24.5 Å². The summed E-state index contributed by atoms with van der Waals surface area (Å²) < 4.78 is 0. The molecule has 138 valence electrons. The summed E-state index contributed by atoms with van der Waals surface area (Å²) in [5.74, 6) is -0.971. The molecule has 1 aliphatic carbocycles. The van der Waals surface area contributed by atoms with Crippen molar-refractivity contribution in [1.29, 1.82) is 0 Å². The van der Waals surface area contributed by atoms with E-state index in [0.717, 1.165) is 25.1 Å². The Hall–Kier alpha value is -2.96. The number of imide groups is 1. The summed E-state index contributed by atoms with van der Waals surface area (Å²) >= 11 is 0. The number of allylic oxidation sites excluding steroid dienone is 1. The molecule has 1 aromatic rings. The van der Waals surface area contributed by atoms with E-state index in [1.54, 1.807) is 18.2 Å². The highest BCUT2D eigenvalue weighted by Gasteiger charge is 2.46. The number of carbonyl (C=O) groups is 4. The summed E-state index contributed by atoms with van der Waals surface area (Å²) in [6.07, 6.45) is 5.91. The van der Waals surface area contributed by atoms with Gasteiger partial charge in [0.1, 0.15) is 6.04 Å². The first kappa shape index (κ1) is 16.2. The summed E-state index contributed by atoms with van der Waals surface area (Å²) in [5.41, 5.74) is 2.06. The summed E-state index contributed by atoms with van der Waals surface area (Å²) in [7, 11) is 0. The number of amides is 4. The van der Waals surface area contributed by atoms with E-state index in [-0.39, 0.29) is 36.1 Å². The van der Waals surface area contributed by atoms with Crippen LogP contribution < -0.4 is 5.32 Å². The van der Waals surface area contributed by atoms with Crippen LogP contribution in [0.5, 0.6) is 0 Å². The first-order chi connectivity index (χ1) is 13.0. The van der Waals surface area contributed by atoms with E-state index < -0.39 is 11.9 Å². The van der Waals surface area contributed by atoms with E-state index in [9.17, 15) is 19.2 Å². The van der Waals surface area contributed by atoms with Crippen molar-refractivity contribution in [3.05, 3.63) is 47.0 Å². The van der Waals surface area contributed by atoms with E-state index in [1.165, 1.54) is 4.90 Å². The molecule has 2 saturated heterocycles. The molecule has 0 saturated carbocycles. The molecule has 2 fully saturated rings. The van der Waals surface area contributed by atoms with Gasteiger partial charge in [-0.1, -0.05) is 12.2 Å². The number of nitrogens with zero attached hydrogens (tertiary/aromatic N) is 2. The maximum absolute atomic E-state index is 12.7. The largest absolute Gasteiger partial charge is 0.337 e. The third kappa shape index (κ3) is 2.41. The smallest absolute Gasteiger partial charge is 0.255 e. The third-order valence-corrected chi connectivity index (χ3v) is 6.06. The van der Waals surface area contributed by atoms with E-state index in [0.29, 0.717) is 17.5 Å². The average molecular weight is 365 g/mol. The van der Waals surface area contributed by atoms with E-state index in [4.69, 9.17) is 0 Å². The van der Waals surface area contributed by atoms with Crippen LogP contribution in [-0.4, -0.2) is 52.6 Å². The Bertz CT molecular complexity index is 929. The van der Waals surface area contributed by atoms with Crippen molar-refractivity contribution in [2.75, 3.05) is 13.1 Å². The van der Waals surface area contributed by atoms with Crippen LogP contribution in [0, 0.1) is 5.41 Å². The number of carbonyl (C=O) groups excluding carboxylic acids is 4. The van der Waals surface area contributed by atoms with Crippen LogP contribution in [0.3, 0.4) is 0 Å². The minimum Gasteiger partial charge on any atom is -0.337 e. The maximum Gasteiger partial charge on any atom is 0.255 e. The van der Waals surface area contributed by atoms with E-state index in [2.05, 4.69) is 17.5 Å². The zero-order chi connectivity index (χ0) is 18.8. The molecule has 3 aliphatic heterocycles. The second kappa shape index (κ2) is 5.52.